The van der Waals surface area contributed by atoms with E-state index in [1.54, 1.807) is 0 Å². The Morgan fingerprint density at radius 3 is 2.58 bits per heavy atom. The van der Waals surface area contributed by atoms with Gasteiger partial charge >= 0.3 is 0 Å². The third-order valence-electron chi connectivity index (χ3n) is 4.87. The second-order valence-electron chi connectivity index (χ2n) is 5.89. The van der Waals surface area contributed by atoms with E-state index in [-0.39, 0.29) is 5.41 Å². The maximum atomic E-state index is 6.49. The summed E-state index contributed by atoms with van der Waals surface area (Å²) in [7, 11) is 0. The Labute approximate surface area is 125 Å². The van der Waals surface area contributed by atoms with Gasteiger partial charge in [0.25, 0.3) is 0 Å². The van der Waals surface area contributed by atoms with Crippen molar-refractivity contribution in [1.29, 1.82) is 0 Å². The number of hydrogen-bond acceptors (Lipinski definition) is 1. The normalized spacial score (nSPS) is 29.2. The Bertz CT molecular complexity index is 440. The number of ether oxygens (including phenoxy) is 1. The van der Waals surface area contributed by atoms with Gasteiger partial charge < -0.3 is 4.74 Å². The molecule has 2 unspecified atom stereocenters. The van der Waals surface area contributed by atoms with Crippen molar-refractivity contribution in [2.75, 3.05) is 0 Å². The monoisotopic (exact) mass is 298 g/mol. The topological polar surface area (TPSA) is 9.23 Å². The maximum Gasteiger partial charge on any atom is 0.0735 e. The van der Waals surface area contributed by atoms with E-state index in [2.05, 4.69) is 0 Å². The van der Waals surface area contributed by atoms with Crippen molar-refractivity contribution in [3.05, 3.63) is 34.9 Å². The van der Waals surface area contributed by atoms with Crippen molar-refractivity contribution in [2.24, 2.45) is 5.41 Å². The van der Waals surface area contributed by atoms with Crippen molar-refractivity contribution >= 4 is 23.2 Å². The fraction of sp³-hybridized carbons (Fsp3) is 0.625. The van der Waals surface area contributed by atoms with Crippen molar-refractivity contribution in [3.63, 3.8) is 0 Å². The van der Waals surface area contributed by atoms with E-state index in [1.165, 1.54) is 32.1 Å². The highest BCUT2D eigenvalue weighted by molar-refractivity contribution is 6.31. The lowest BCUT2D eigenvalue weighted by Gasteiger charge is -2.55. The highest BCUT2D eigenvalue weighted by Gasteiger charge is 2.54. The molecule has 0 N–H and O–H groups in total. The zero-order chi connectivity index (χ0) is 13.3. The lowest BCUT2D eigenvalue weighted by molar-refractivity contribution is -0.131. The van der Waals surface area contributed by atoms with E-state index in [9.17, 15) is 0 Å². The van der Waals surface area contributed by atoms with E-state index in [0.29, 0.717) is 18.1 Å². The molecular weight excluding hydrogens is 279 g/mol. The van der Waals surface area contributed by atoms with Gasteiger partial charge in [-0.2, -0.15) is 0 Å². The van der Waals surface area contributed by atoms with Crippen LogP contribution in [-0.4, -0.2) is 11.5 Å². The van der Waals surface area contributed by atoms with Gasteiger partial charge in [0.1, 0.15) is 0 Å². The SMILES string of the molecule is Clc1ccccc1COC1CC(Cl)C12CCCCC2. The highest BCUT2D eigenvalue weighted by Crippen LogP contribution is 2.55. The second kappa shape index (κ2) is 5.63. The molecular formula is C16H20Cl2O. The van der Waals surface area contributed by atoms with Crippen molar-refractivity contribution in [1.82, 2.24) is 0 Å². The minimum absolute atomic E-state index is 0.251. The first-order chi connectivity index (χ1) is 9.22. The Kier molecular flexibility index (Phi) is 4.07. The average Bonchev–Trinajstić information content (AvgIpc) is 2.46. The molecule has 0 heterocycles. The molecule has 2 atom stereocenters. The highest BCUT2D eigenvalue weighted by atomic mass is 35.5. The quantitative estimate of drug-likeness (QED) is 0.698. The maximum absolute atomic E-state index is 6.49. The summed E-state index contributed by atoms with van der Waals surface area (Å²) in [5, 5.41) is 1.10. The van der Waals surface area contributed by atoms with Gasteiger partial charge in [-0.25, -0.2) is 0 Å². The third-order valence-corrected chi connectivity index (χ3v) is 5.85. The fourth-order valence-electron chi connectivity index (χ4n) is 3.58. The molecule has 3 heteroatoms. The number of rotatable bonds is 3. The van der Waals surface area contributed by atoms with Crippen molar-refractivity contribution < 1.29 is 4.74 Å². The number of hydrogen-bond donors (Lipinski definition) is 0. The zero-order valence-electron chi connectivity index (χ0n) is 11.1. The van der Waals surface area contributed by atoms with Crippen LogP contribution in [0.5, 0.6) is 0 Å². The van der Waals surface area contributed by atoms with E-state index in [0.717, 1.165) is 17.0 Å². The molecule has 0 bridgehead atoms. The van der Waals surface area contributed by atoms with Gasteiger partial charge in [0, 0.05) is 15.8 Å². The first-order valence-electron chi connectivity index (χ1n) is 7.21. The predicted octanol–water partition coefficient (Wildman–Crippen LogP) is 5.19. The molecule has 2 fully saturated rings. The van der Waals surface area contributed by atoms with Crippen LogP contribution >= 0.6 is 23.2 Å². The smallest absolute Gasteiger partial charge is 0.0735 e. The van der Waals surface area contributed by atoms with Gasteiger partial charge in [0.05, 0.1) is 12.7 Å². The number of halogens is 2. The Morgan fingerprint density at radius 2 is 1.89 bits per heavy atom. The molecule has 19 heavy (non-hydrogen) atoms. The van der Waals surface area contributed by atoms with Crippen molar-refractivity contribution in [2.45, 2.75) is 56.6 Å². The molecule has 104 valence electrons. The molecule has 3 rings (SSSR count). The summed E-state index contributed by atoms with van der Waals surface area (Å²) in [6.07, 6.45) is 7.73. The average molecular weight is 299 g/mol. The standard InChI is InChI=1S/C16H20Cl2O/c17-13-7-3-2-6-12(13)11-19-15-10-14(18)16(15)8-4-1-5-9-16/h2-3,6-7,14-15H,1,4-5,8-11H2. The van der Waals surface area contributed by atoms with Crippen LogP contribution in [0.2, 0.25) is 5.02 Å². The van der Waals surface area contributed by atoms with Gasteiger partial charge in [-0.1, -0.05) is 49.1 Å². The van der Waals surface area contributed by atoms with E-state index < -0.39 is 0 Å². The molecule has 0 aliphatic heterocycles. The molecule has 2 aliphatic rings. The lowest BCUT2D eigenvalue weighted by atomic mass is 9.58. The Morgan fingerprint density at radius 1 is 1.16 bits per heavy atom. The summed E-state index contributed by atoms with van der Waals surface area (Å²) >= 11 is 12.7. The van der Waals surface area contributed by atoms with Gasteiger partial charge in [0.2, 0.25) is 0 Å². The summed E-state index contributed by atoms with van der Waals surface area (Å²) in [5.74, 6) is 0. The largest absolute Gasteiger partial charge is 0.373 e. The van der Waals surface area contributed by atoms with Gasteiger partial charge in [-0.05, 0) is 30.9 Å². The van der Waals surface area contributed by atoms with Crippen molar-refractivity contribution in [3.8, 4) is 0 Å². The van der Waals surface area contributed by atoms with Crippen LogP contribution in [0.3, 0.4) is 0 Å². The molecule has 1 aromatic carbocycles. The van der Waals surface area contributed by atoms with Crippen LogP contribution in [-0.2, 0) is 11.3 Å². The summed E-state index contributed by atoms with van der Waals surface area (Å²) in [5.41, 5.74) is 1.33. The first-order valence-corrected chi connectivity index (χ1v) is 8.03. The molecule has 2 saturated carbocycles. The fourth-order valence-corrected chi connectivity index (χ4v) is 4.29. The van der Waals surface area contributed by atoms with E-state index >= 15 is 0 Å². The van der Waals surface area contributed by atoms with E-state index in [1.807, 2.05) is 24.3 Å². The number of alkyl halides is 1. The van der Waals surface area contributed by atoms with Gasteiger partial charge in [-0.15, -0.1) is 11.6 Å². The Balaban J connectivity index is 1.63. The minimum Gasteiger partial charge on any atom is -0.373 e. The molecule has 1 aromatic rings. The van der Waals surface area contributed by atoms with Gasteiger partial charge in [-0.3, -0.25) is 0 Å². The summed E-state index contributed by atoms with van der Waals surface area (Å²) in [6.45, 7) is 0.607. The molecule has 1 spiro atoms. The summed E-state index contributed by atoms with van der Waals surface area (Å²) < 4.78 is 6.14. The number of benzene rings is 1. The first kappa shape index (κ1) is 13.7. The van der Waals surface area contributed by atoms with Crippen LogP contribution in [0.4, 0.5) is 0 Å². The molecule has 2 aliphatic carbocycles. The van der Waals surface area contributed by atoms with Crippen LogP contribution in [0.1, 0.15) is 44.1 Å². The predicted molar refractivity (Wildman–Crippen MR) is 79.8 cm³/mol. The summed E-state index contributed by atoms with van der Waals surface area (Å²) in [6, 6.07) is 7.91. The third kappa shape index (κ3) is 2.53. The van der Waals surface area contributed by atoms with Crippen LogP contribution in [0, 0.1) is 5.41 Å². The molecule has 0 saturated heterocycles. The van der Waals surface area contributed by atoms with Crippen LogP contribution in [0.25, 0.3) is 0 Å². The molecule has 0 aromatic heterocycles. The minimum atomic E-state index is 0.251. The molecule has 0 amide bonds. The van der Waals surface area contributed by atoms with Crippen LogP contribution in [0.15, 0.2) is 24.3 Å². The second-order valence-corrected chi connectivity index (χ2v) is 6.82. The van der Waals surface area contributed by atoms with E-state index in [4.69, 9.17) is 27.9 Å². The zero-order valence-corrected chi connectivity index (χ0v) is 12.6. The lowest BCUT2D eigenvalue weighted by Crippen LogP contribution is -2.56. The molecule has 1 nitrogen and oxygen atoms in total. The Hall–Kier alpha value is -0.240. The van der Waals surface area contributed by atoms with Crippen LogP contribution < -0.4 is 0 Å². The molecule has 0 radical (unpaired) electrons. The summed E-state index contributed by atoms with van der Waals surface area (Å²) in [4.78, 5) is 0. The van der Waals surface area contributed by atoms with Gasteiger partial charge in [0.15, 0.2) is 0 Å².